The van der Waals surface area contributed by atoms with Gasteiger partial charge in [-0.3, -0.25) is 4.98 Å². The molecule has 2 aromatic heterocycles. The molecule has 20 heavy (non-hydrogen) atoms. The van der Waals surface area contributed by atoms with Crippen molar-refractivity contribution in [2.75, 3.05) is 11.9 Å². The smallest absolute Gasteiger partial charge is 0.180 e. The number of nitrogens with one attached hydrogen (secondary N) is 1. The van der Waals surface area contributed by atoms with Gasteiger partial charge in [0.2, 0.25) is 0 Å². The highest BCUT2D eigenvalue weighted by Gasteiger charge is 2.06. The Balaban J connectivity index is 1.70. The van der Waals surface area contributed by atoms with E-state index in [1.54, 1.807) is 12.4 Å². The van der Waals surface area contributed by atoms with E-state index in [0.29, 0.717) is 12.2 Å². The maximum atomic E-state index is 6.14. The summed E-state index contributed by atoms with van der Waals surface area (Å²) in [6.45, 7) is 0.614. The van der Waals surface area contributed by atoms with Gasteiger partial charge in [0.05, 0.1) is 0 Å². The second kappa shape index (κ2) is 5.63. The fraction of sp³-hybridized carbons (Fsp3) is 0.133. The number of pyridine rings is 1. The summed E-state index contributed by atoms with van der Waals surface area (Å²) in [4.78, 5) is 12.8. The molecule has 1 aromatic carbocycles. The van der Waals surface area contributed by atoms with E-state index < -0.39 is 0 Å². The van der Waals surface area contributed by atoms with E-state index in [1.165, 1.54) is 0 Å². The van der Waals surface area contributed by atoms with E-state index in [1.807, 2.05) is 42.5 Å². The molecule has 100 valence electrons. The maximum absolute atomic E-state index is 6.14. The lowest BCUT2D eigenvalue weighted by Crippen LogP contribution is -2.20. The second-order valence-electron chi connectivity index (χ2n) is 4.49. The van der Waals surface area contributed by atoms with Gasteiger partial charge in [-0.15, -0.1) is 0 Å². The molecular formula is C15H15N5. The molecule has 3 rings (SSSR count). The van der Waals surface area contributed by atoms with Crippen LogP contribution in [-0.2, 0) is 0 Å². The summed E-state index contributed by atoms with van der Waals surface area (Å²) >= 11 is 0. The molecule has 0 aliphatic carbocycles. The van der Waals surface area contributed by atoms with Gasteiger partial charge in [-0.2, -0.15) is 0 Å². The van der Waals surface area contributed by atoms with E-state index in [-0.39, 0.29) is 6.04 Å². The van der Waals surface area contributed by atoms with Crippen molar-refractivity contribution in [3.63, 3.8) is 0 Å². The first-order valence-corrected chi connectivity index (χ1v) is 6.45. The lowest BCUT2D eigenvalue weighted by atomic mass is 10.1. The first kappa shape index (κ1) is 12.5. The molecular weight excluding hydrogens is 250 g/mol. The van der Waals surface area contributed by atoms with E-state index in [9.17, 15) is 0 Å². The first-order valence-electron chi connectivity index (χ1n) is 6.45. The highest BCUT2D eigenvalue weighted by atomic mass is 15.0. The predicted octanol–water partition coefficient (Wildman–Crippen LogP) is 2.14. The minimum absolute atomic E-state index is 0.0736. The van der Waals surface area contributed by atoms with Gasteiger partial charge in [-0.25, -0.2) is 9.97 Å². The highest BCUT2D eigenvalue weighted by molar-refractivity contribution is 5.71. The summed E-state index contributed by atoms with van der Waals surface area (Å²) in [5.74, 6) is 0.754. The Morgan fingerprint density at radius 3 is 2.65 bits per heavy atom. The van der Waals surface area contributed by atoms with Crippen LogP contribution in [0.1, 0.15) is 11.6 Å². The average molecular weight is 265 g/mol. The zero-order valence-corrected chi connectivity index (χ0v) is 10.9. The molecule has 0 saturated carbocycles. The predicted molar refractivity (Wildman–Crippen MR) is 79.2 cm³/mol. The minimum Gasteiger partial charge on any atom is -0.368 e. The summed E-state index contributed by atoms with van der Waals surface area (Å²) in [6.07, 6.45) is 3.29. The standard InChI is InChI=1S/C15H15N5/c16-12(11-4-2-1-3-5-11)10-19-14-7-6-13-15(20-14)18-9-8-17-13/h1-9,12H,10,16H2,(H,18,19,20). The fourth-order valence-electron chi connectivity index (χ4n) is 1.99. The number of hydrogen-bond acceptors (Lipinski definition) is 5. The lowest BCUT2D eigenvalue weighted by Gasteiger charge is -2.13. The molecule has 0 aliphatic heterocycles. The number of anilines is 1. The van der Waals surface area contributed by atoms with Gasteiger partial charge in [0.25, 0.3) is 0 Å². The van der Waals surface area contributed by atoms with Crippen LogP contribution in [0.4, 0.5) is 5.82 Å². The van der Waals surface area contributed by atoms with Crippen molar-refractivity contribution in [1.29, 1.82) is 0 Å². The molecule has 0 radical (unpaired) electrons. The van der Waals surface area contributed by atoms with Gasteiger partial charge in [0.1, 0.15) is 11.3 Å². The summed E-state index contributed by atoms with van der Waals surface area (Å²) in [5.41, 5.74) is 8.65. The van der Waals surface area contributed by atoms with Crippen molar-refractivity contribution in [1.82, 2.24) is 15.0 Å². The van der Waals surface area contributed by atoms with Crippen molar-refractivity contribution in [2.24, 2.45) is 5.73 Å². The highest BCUT2D eigenvalue weighted by Crippen LogP contribution is 2.13. The van der Waals surface area contributed by atoms with Gasteiger partial charge >= 0.3 is 0 Å². The molecule has 1 unspecified atom stereocenters. The summed E-state index contributed by atoms with van der Waals surface area (Å²) < 4.78 is 0. The second-order valence-corrected chi connectivity index (χ2v) is 4.49. The Morgan fingerprint density at radius 1 is 1.00 bits per heavy atom. The zero-order valence-electron chi connectivity index (χ0n) is 10.9. The largest absolute Gasteiger partial charge is 0.368 e. The lowest BCUT2D eigenvalue weighted by molar-refractivity contribution is 0.762. The van der Waals surface area contributed by atoms with Crippen molar-refractivity contribution in [3.8, 4) is 0 Å². The Kier molecular flexibility index (Phi) is 3.52. The van der Waals surface area contributed by atoms with E-state index in [0.717, 1.165) is 16.9 Å². The monoisotopic (exact) mass is 265 g/mol. The first-order chi connectivity index (χ1) is 9.83. The van der Waals surface area contributed by atoms with Gasteiger partial charge < -0.3 is 11.1 Å². The number of benzene rings is 1. The topological polar surface area (TPSA) is 76.7 Å². The fourth-order valence-corrected chi connectivity index (χ4v) is 1.99. The molecule has 0 bridgehead atoms. The molecule has 3 aromatic rings. The SMILES string of the molecule is NC(CNc1ccc2nccnc2n1)c1ccccc1. The van der Waals surface area contributed by atoms with Gasteiger partial charge in [-0.05, 0) is 17.7 Å². The van der Waals surface area contributed by atoms with Gasteiger partial charge in [-0.1, -0.05) is 30.3 Å². The van der Waals surface area contributed by atoms with Gasteiger partial charge in [0, 0.05) is 25.0 Å². The molecule has 5 heteroatoms. The summed E-state index contributed by atoms with van der Waals surface area (Å²) in [5, 5.41) is 3.23. The molecule has 0 aliphatic rings. The van der Waals surface area contributed by atoms with Crippen LogP contribution in [0.25, 0.3) is 11.2 Å². The van der Waals surface area contributed by atoms with Gasteiger partial charge in [0.15, 0.2) is 5.65 Å². The van der Waals surface area contributed by atoms with Crippen LogP contribution < -0.4 is 11.1 Å². The van der Waals surface area contributed by atoms with Crippen LogP contribution in [0.3, 0.4) is 0 Å². The number of rotatable bonds is 4. The number of nitrogens with zero attached hydrogens (tertiary/aromatic N) is 3. The van der Waals surface area contributed by atoms with Crippen molar-refractivity contribution >= 4 is 17.0 Å². The summed E-state index contributed by atoms with van der Waals surface area (Å²) in [6, 6.07) is 13.7. The third kappa shape index (κ3) is 2.73. The number of fused-ring (bicyclic) bond motifs is 1. The molecule has 3 N–H and O–H groups in total. The molecule has 0 fully saturated rings. The van der Waals surface area contributed by atoms with Crippen LogP contribution in [0, 0.1) is 0 Å². The third-order valence-electron chi connectivity index (χ3n) is 3.06. The molecule has 1 atom stereocenters. The van der Waals surface area contributed by atoms with Crippen molar-refractivity contribution < 1.29 is 0 Å². The van der Waals surface area contributed by atoms with E-state index in [2.05, 4.69) is 20.3 Å². The Morgan fingerprint density at radius 2 is 1.80 bits per heavy atom. The molecule has 5 nitrogen and oxygen atoms in total. The minimum atomic E-state index is -0.0736. The van der Waals surface area contributed by atoms with E-state index >= 15 is 0 Å². The quantitative estimate of drug-likeness (QED) is 0.755. The third-order valence-corrected chi connectivity index (χ3v) is 3.06. The van der Waals surface area contributed by atoms with E-state index in [4.69, 9.17) is 5.73 Å². The summed E-state index contributed by atoms with van der Waals surface area (Å²) in [7, 11) is 0. The molecule has 0 amide bonds. The van der Waals surface area contributed by atoms with Crippen LogP contribution in [0.15, 0.2) is 54.9 Å². The average Bonchev–Trinajstić information content (AvgIpc) is 2.53. The van der Waals surface area contributed by atoms with Crippen molar-refractivity contribution in [3.05, 3.63) is 60.4 Å². The maximum Gasteiger partial charge on any atom is 0.180 e. The zero-order chi connectivity index (χ0) is 13.8. The Hall–Kier alpha value is -2.53. The van der Waals surface area contributed by atoms with Crippen LogP contribution in [-0.4, -0.2) is 21.5 Å². The molecule has 0 spiro atoms. The number of nitrogens with two attached hydrogens (primary N) is 1. The van der Waals surface area contributed by atoms with Crippen LogP contribution in [0.2, 0.25) is 0 Å². The number of aromatic nitrogens is 3. The Bertz CT molecular complexity index is 699. The van der Waals surface area contributed by atoms with Crippen LogP contribution in [0.5, 0.6) is 0 Å². The van der Waals surface area contributed by atoms with Crippen LogP contribution >= 0.6 is 0 Å². The molecule has 2 heterocycles. The Labute approximate surface area is 116 Å². The normalized spacial score (nSPS) is 12.2. The molecule has 0 saturated heterocycles. The number of hydrogen-bond donors (Lipinski definition) is 2. The van der Waals surface area contributed by atoms with Crippen molar-refractivity contribution in [2.45, 2.75) is 6.04 Å².